The predicted molar refractivity (Wildman–Crippen MR) is 85.2 cm³/mol. The van der Waals surface area contributed by atoms with E-state index in [9.17, 15) is 4.79 Å². The summed E-state index contributed by atoms with van der Waals surface area (Å²) in [6, 6.07) is 15.9. The number of anilines is 1. The number of aryl methyl sites for hydroxylation is 2. The van der Waals surface area contributed by atoms with Crippen molar-refractivity contribution in [1.29, 1.82) is 0 Å². The first-order valence-electron chi connectivity index (χ1n) is 7.36. The Balaban J connectivity index is 1.92. The number of rotatable bonds is 3. The highest BCUT2D eigenvalue weighted by atomic mass is 16.2. The van der Waals surface area contributed by atoms with Crippen LogP contribution in [0.1, 0.15) is 29.7 Å². The largest absolute Gasteiger partial charge is 0.318 e. The van der Waals surface area contributed by atoms with Gasteiger partial charge in [0.1, 0.15) is 6.04 Å². The molecule has 0 saturated carbocycles. The number of β-lactam (4-membered cyclic amide) rings is 1. The summed E-state index contributed by atoms with van der Waals surface area (Å²) < 4.78 is 0. The molecule has 108 valence electrons. The van der Waals surface area contributed by atoms with E-state index in [0.29, 0.717) is 0 Å². The van der Waals surface area contributed by atoms with Gasteiger partial charge in [0.25, 0.3) is 0 Å². The fourth-order valence-corrected chi connectivity index (χ4v) is 2.81. The van der Waals surface area contributed by atoms with E-state index in [1.54, 1.807) is 4.90 Å². The molecule has 0 radical (unpaired) electrons. The van der Waals surface area contributed by atoms with Crippen LogP contribution in [0.5, 0.6) is 0 Å². The quantitative estimate of drug-likeness (QED) is 0.879. The molecule has 1 fully saturated rings. The molecule has 2 aromatic carbocycles. The number of amides is 1. The lowest BCUT2D eigenvalue weighted by molar-refractivity contribution is -0.126. The highest BCUT2D eigenvalue weighted by Gasteiger charge is 2.46. The Morgan fingerprint density at radius 1 is 1.05 bits per heavy atom. The van der Waals surface area contributed by atoms with Gasteiger partial charge in [-0.15, -0.1) is 0 Å². The maximum Gasteiger partial charge on any atom is 0.247 e. The molecule has 0 unspecified atom stereocenters. The van der Waals surface area contributed by atoms with E-state index in [1.165, 1.54) is 11.1 Å². The van der Waals surface area contributed by atoms with Gasteiger partial charge in [-0.1, -0.05) is 48.9 Å². The van der Waals surface area contributed by atoms with Crippen LogP contribution in [-0.4, -0.2) is 11.9 Å². The smallest absolute Gasteiger partial charge is 0.247 e. The third-order valence-electron chi connectivity index (χ3n) is 4.18. The normalized spacial score (nSPS) is 21.3. The van der Waals surface area contributed by atoms with Crippen LogP contribution >= 0.6 is 0 Å². The number of carbonyl (C=O) groups is 1. The van der Waals surface area contributed by atoms with E-state index in [2.05, 4.69) is 31.2 Å². The van der Waals surface area contributed by atoms with E-state index in [4.69, 9.17) is 5.73 Å². The summed E-state index contributed by atoms with van der Waals surface area (Å²) in [7, 11) is 0. The minimum absolute atomic E-state index is 0.0107. The van der Waals surface area contributed by atoms with Crippen LogP contribution in [0.15, 0.2) is 48.5 Å². The standard InChI is InChI=1S/C18H20N2O/c1-3-13-6-8-14(9-7-13)17-16(19)18(21)20(17)15-10-4-12(2)5-11-15/h4-11,16-17H,3,19H2,1-2H3/t16-,17+/m0/s1. The van der Waals surface area contributed by atoms with Crippen molar-refractivity contribution in [3.05, 3.63) is 65.2 Å². The molecule has 1 aliphatic heterocycles. The third-order valence-corrected chi connectivity index (χ3v) is 4.18. The zero-order valence-corrected chi connectivity index (χ0v) is 12.4. The first-order chi connectivity index (χ1) is 10.1. The van der Waals surface area contributed by atoms with Gasteiger partial charge in [0.05, 0.1) is 6.04 Å². The summed E-state index contributed by atoms with van der Waals surface area (Å²) in [6.45, 7) is 4.17. The average Bonchev–Trinajstić information content (AvgIpc) is 2.53. The molecule has 3 heteroatoms. The number of hydrogen-bond acceptors (Lipinski definition) is 2. The van der Waals surface area contributed by atoms with Crippen molar-refractivity contribution in [3.8, 4) is 0 Å². The van der Waals surface area contributed by atoms with Crippen molar-refractivity contribution in [1.82, 2.24) is 0 Å². The van der Waals surface area contributed by atoms with Crippen LogP contribution < -0.4 is 10.6 Å². The second-order valence-corrected chi connectivity index (χ2v) is 5.61. The van der Waals surface area contributed by atoms with Crippen molar-refractivity contribution in [3.63, 3.8) is 0 Å². The molecule has 0 aliphatic carbocycles. The van der Waals surface area contributed by atoms with Gasteiger partial charge >= 0.3 is 0 Å². The fraction of sp³-hybridized carbons (Fsp3) is 0.278. The van der Waals surface area contributed by atoms with E-state index in [0.717, 1.165) is 17.7 Å². The van der Waals surface area contributed by atoms with Gasteiger partial charge < -0.3 is 10.6 Å². The summed E-state index contributed by atoms with van der Waals surface area (Å²) in [5.74, 6) is -0.0107. The lowest BCUT2D eigenvalue weighted by Gasteiger charge is -2.45. The van der Waals surface area contributed by atoms with Crippen LogP contribution in [0.25, 0.3) is 0 Å². The van der Waals surface area contributed by atoms with Crippen LogP contribution in [-0.2, 0) is 11.2 Å². The van der Waals surface area contributed by atoms with Gasteiger partial charge in [0.15, 0.2) is 0 Å². The summed E-state index contributed by atoms with van der Waals surface area (Å²) in [5.41, 5.74) is 10.5. The van der Waals surface area contributed by atoms with E-state index < -0.39 is 6.04 Å². The van der Waals surface area contributed by atoms with Gasteiger partial charge in [0, 0.05) is 5.69 Å². The molecule has 21 heavy (non-hydrogen) atoms. The Hall–Kier alpha value is -2.13. The van der Waals surface area contributed by atoms with Crippen LogP contribution in [0, 0.1) is 6.92 Å². The molecule has 3 rings (SSSR count). The Morgan fingerprint density at radius 2 is 1.67 bits per heavy atom. The van der Waals surface area contributed by atoms with Gasteiger partial charge in [-0.05, 0) is 36.6 Å². The van der Waals surface area contributed by atoms with Gasteiger partial charge in [-0.2, -0.15) is 0 Å². The molecule has 0 aromatic heterocycles. The van der Waals surface area contributed by atoms with Gasteiger partial charge in [0.2, 0.25) is 5.91 Å². The third kappa shape index (κ3) is 2.34. The van der Waals surface area contributed by atoms with Crippen molar-refractivity contribution in [2.45, 2.75) is 32.4 Å². The van der Waals surface area contributed by atoms with Crippen molar-refractivity contribution >= 4 is 11.6 Å². The van der Waals surface area contributed by atoms with E-state index in [1.807, 2.05) is 31.2 Å². The summed E-state index contributed by atoms with van der Waals surface area (Å²) >= 11 is 0. The summed E-state index contributed by atoms with van der Waals surface area (Å²) in [5, 5.41) is 0. The number of hydrogen-bond donors (Lipinski definition) is 1. The van der Waals surface area contributed by atoms with Gasteiger partial charge in [-0.25, -0.2) is 0 Å². The Labute approximate surface area is 125 Å². The lowest BCUT2D eigenvalue weighted by Crippen LogP contribution is -2.63. The van der Waals surface area contributed by atoms with E-state index >= 15 is 0 Å². The molecule has 0 spiro atoms. The van der Waals surface area contributed by atoms with Crippen molar-refractivity contribution in [2.24, 2.45) is 5.73 Å². The Kier molecular flexibility index (Phi) is 3.52. The van der Waals surface area contributed by atoms with Gasteiger partial charge in [-0.3, -0.25) is 4.79 Å². The first-order valence-corrected chi connectivity index (χ1v) is 7.36. The molecular weight excluding hydrogens is 260 g/mol. The minimum Gasteiger partial charge on any atom is -0.318 e. The molecule has 1 heterocycles. The van der Waals surface area contributed by atoms with Crippen molar-refractivity contribution in [2.75, 3.05) is 4.90 Å². The molecule has 1 amide bonds. The predicted octanol–water partition coefficient (Wildman–Crippen LogP) is 2.97. The van der Waals surface area contributed by atoms with Crippen LogP contribution in [0.2, 0.25) is 0 Å². The monoisotopic (exact) mass is 280 g/mol. The molecule has 2 atom stereocenters. The number of benzene rings is 2. The average molecular weight is 280 g/mol. The van der Waals surface area contributed by atoms with Crippen LogP contribution in [0.3, 0.4) is 0 Å². The minimum atomic E-state index is -0.446. The second kappa shape index (κ2) is 5.34. The second-order valence-electron chi connectivity index (χ2n) is 5.61. The molecule has 1 saturated heterocycles. The molecule has 2 aromatic rings. The zero-order valence-electron chi connectivity index (χ0n) is 12.4. The maximum absolute atomic E-state index is 12.2. The highest BCUT2D eigenvalue weighted by molar-refractivity contribution is 6.05. The topological polar surface area (TPSA) is 46.3 Å². The summed E-state index contributed by atoms with van der Waals surface area (Å²) in [4.78, 5) is 14.0. The Bertz CT molecular complexity index is 646. The SMILES string of the molecule is CCc1ccc([C@@H]2[C@H](N)C(=O)N2c2ccc(C)cc2)cc1. The number of nitrogens with two attached hydrogens (primary N) is 1. The van der Waals surface area contributed by atoms with Crippen molar-refractivity contribution < 1.29 is 4.79 Å². The number of carbonyl (C=O) groups excluding carboxylic acids is 1. The van der Waals surface area contributed by atoms with Crippen LogP contribution in [0.4, 0.5) is 5.69 Å². The Morgan fingerprint density at radius 3 is 2.24 bits per heavy atom. The number of nitrogens with zero attached hydrogens (tertiary/aromatic N) is 1. The molecule has 1 aliphatic rings. The first kappa shape index (κ1) is 13.8. The fourth-order valence-electron chi connectivity index (χ4n) is 2.81. The zero-order chi connectivity index (χ0) is 15.0. The van der Waals surface area contributed by atoms with E-state index in [-0.39, 0.29) is 11.9 Å². The maximum atomic E-state index is 12.2. The lowest BCUT2D eigenvalue weighted by atomic mass is 9.88. The highest BCUT2D eigenvalue weighted by Crippen LogP contribution is 2.38. The molecule has 3 nitrogen and oxygen atoms in total. The molecule has 2 N–H and O–H groups in total. The molecule has 0 bridgehead atoms. The molecular formula is C18H20N2O. The summed E-state index contributed by atoms with van der Waals surface area (Å²) in [6.07, 6.45) is 1.01.